The van der Waals surface area contributed by atoms with Gasteiger partial charge in [-0.3, -0.25) is 4.79 Å². The third kappa shape index (κ3) is 11.4. The predicted octanol–water partition coefficient (Wildman–Crippen LogP) is 3.26. The third-order valence-corrected chi connectivity index (χ3v) is 8.73. The van der Waals surface area contributed by atoms with E-state index >= 15 is 0 Å². The second kappa shape index (κ2) is 16.7. The molecule has 0 aliphatic rings. The lowest BCUT2D eigenvalue weighted by atomic mass is 10.1. The molecule has 1 amide bonds. The normalized spacial score (nSPS) is 13.3. The highest BCUT2D eigenvalue weighted by Crippen LogP contribution is 2.19. The van der Waals surface area contributed by atoms with Crippen LogP contribution in [-0.4, -0.2) is 74.1 Å². The van der Waals surface area contributed by atoms with Gasteiger partial charge in [0.1, 0.15) is 5.75 Å². The molecule has 0 aromatic heterocycles. The topological polar surface area (TPSA) is 108 Å². The molecule has 0 radical (unpaired) electrons. The van der Waals surface area contributed by atoms with Gasteiger partial charge in [-0.1, -0.05) is 44.2 Å². The molecule has 2 aromatic carbocycles. The molecule has 0 fully saturated rings. The van der Waals surface area contributed by atoms with Crippen molar-refractivity contribution in [3.05, 3.63) is 60.2 Å². The fourth-order valence-electron chi connectivity index (χ4n) is 3.76. The second-order valence-electron chi connectivity index (χ2n) is 8.81. The highest BCUT2D eigenvalue weighted by Gasteiger charge is 2.25. The number of amides is 1. The highest BCUT2D eigenvalue weighted by atomic mass is 32.2. The van der Waals surface area contributed by atoms with E-state index in [1.54, 1.807) is 7.11 Å². The van der Waals surface area contributed by atoms with Gasteiger partial charge in [0.25, 0.3) is 0 Å². The van der Waals surface area contributed by atoms with Crippen molar-refractivity contribution in [3.8, 4) is 5.75 Å². The van der Waals surface area contributed by atoms with E-state index in [0.29, 0.717) is 25.4 Å². The number of aliphatic hydroxyl groups excluding tert-OH is 1. The van der Waals surface area contributed by atoms with Crippen molar-refractivity contribution in [2.45, 2.75) is 56.7 Å². The molecule has 0 aliphatic carbocycles. The van der Waals surface area contributed by atoms with E-state index in [4.69, 9.17) is 4.74 Å². The van der Waals surface area contributed by atoms with Crippen LogP contribution in [0.3, 0.4) is 0 Å². The molecule has 3 N–H and O–H groups in total. The number of thioether (sulfide) groups is 1. The number of nitrogens with zero attached hydrogens (tertiary/aromatic N) is 1. The number of rotatable bonds is 18. The molecule has 206 valence electrons. The smallest absolute Gasteiger partial charge is 0.221 e. The first kappa shape index (κ1) is 31.1. The van der Waals surface area contributed by atoms with Crippen molar-refractivity contribution in [2.24, 2.45) is 0 Å². The number of carbonyl (C=O) groups excluding carboxylic acids is 1. The van der Waals surface area contributed by atoms with Crippen molar-refractivity contribution in [3.63, 3.8) is 0 Å². The van der Waals surface area contributed by atoms with Crippen molar-refractivity contribution in [2.75, 3.05) is 38.2 Å². The van der Waals surface area contributed by atoms with Crippen molar-refractivity contribution >= 4 is 27.7 Å². The summed E-state index contributed by atoms with van der Waals surface area (Å²) in [5, 5.41) is 17.0. The molecule has 0 bridgehead atoms. The Hall–Kier alpha value is -2.11. The number of hydrogen-bond acceptors (Lipinski definition) is 7. The Bertz CT molecular complexity index is 1030. The van der Waals surface area contributed by atoms with Crippen molar-refractivity contribution in [1.82, 2.24) is 14.9 Å². The van der Waals surface area contributed by atoms with Crippen LogP contribution >= 0.6 is 11.8 Å². The molecule has 0 aliphatic heterocycles. The largest absolute Gasteiger partial charge is 0.497 e. The Morgan fingerprint density at radius 2 is 1.78 bits per heavy atom. The molecular formula is C27H41N3O5S2. The van der Waals surface area contributed by atoms with Gasteiger partial charge in [0, 0.05) is 43.2 Å². The fraction of sp³-hybridized carbons (Fsp3) is 0.519. The molecule has 0 spiro atoms. The van der Waals surface area contributed by atoms with E-state index in [-0.39, 0.29) is 24.6 Å². The van der Waals surface area contributed by atoms with Crippen LogP contribution in [0.25, 0.3) is 0 Å². The minimum absolute atomic E-state index is 0.150. The van der Waals surface area contributed by atoms with Crippen molar-refractivity contribution < 1.29 is 23.1 Å². The Labute approximate surface area is 226 Å². The van der Waals surface area contributed by atoms with Crippen LogP contribution in [0.5, 0.6) is 5.75 Å². The molecule has 37 heavy (non-hydrogen) atoms. The van der Waals surface area contributed by atoms with E-state index in [9.17, 15) is 18.3 Å². The van der Waals surface area contributed by atoms with Gasteiger partial charge >= 0.3 is 0 Å². The summed E-state index contributed by atoms with van der Waals surface area (Å²) in [7, 11) is -1.91. The quantitative estimate of drug-likeness (QED) is 0.244. The first-order valence-corrected chi connectivity index (χ1v) is 15.3. The summed E-state index contributed by atoms with van der Waals surface area (Å²) in [5.41, 5.74) is 1.01. The predicted molar refractivity (Wildman–Crippen MR) is 150 cm³/mol. The summed E-state index contributed by atoms with van der Waals surface area (Å²) < 4.78 is 32.2. The van der Waals surface area contributed by atoms with E-state index in [1.807, 2.05) is 68.4 Å². The van der Waals surface area contributed by atoms with Gasteiger partial charge in [-0.2, -0.15) is 0 Å². The molecule has 0 saturated heterocycles. The standard InChI is InChI=1S/C27H41N3O5S2/c1-4-15-30(16-5-2)37(33,34)17-14-27(32)29-25(21-36-24-12-7-6-8-13-24)26(31)20-28-19-22-10-9-11-23(18-22)35-3/h6-13,18,25-26,28,31H,4-5,14-17,19-21H2,1-3H3,(H,29,32)/t25-,26+/m0/s1. The maximum absolute atomic E-state index is 12.8. The van der Waals surface area contributed by atoms with Gasteiger partial charge in [0.2, 0.25) is 15.9 Å². The maximum atomic E-state index is 12.8. The van der Waals surface area contributed by atoms with Crippen LogP contribution in [0.15, 0.2) is 59.5 Å². The summed E-state index contributed by atoms with van der Waals surface area (Å²) in [4.78, 5) is 13.8. The van der Waals surface area contributed by atoms with Crippen LogP contribution in [0, 0.1) is 0 Å². The Kier molecular flexibility index (Phi) is 14.0. The van der Waals surface area contributed by atoms with Crippen LogP contribution in [0.4, 0.5) is 0 Å². The zero-order chi connectivity index (χ0) is 27.1. The molecular weight excluding hydrogens is 510 g/mol. The van der Waals surface area contributed by atoms with E-state index < -0.39 is 22.2 Å². The van der Waals surface area contributed by atoms with Gasteiger partial charge in [0.05, 0.1) is 25.0 Å². The van der Waals surface area contributed by atoms with Gasteiger partial charge < -0.3 is 20.5 Å². The lowest BCUT2D eigenvalue weighted by molar-refractivity contribution is -0.122. The van der Waals surface area contributed by atoms with Gasteiger partial charge in [0.15, 0.2) is 0 Å². The maximum Gasteiger partial charge on any atom is 0.221 e. The number of benzene rings is 2. The summed E-state index contributed by atoms with van der Waals surface area (Å²) >= 11 is 1.53. The number of carbonyl (C=O) groups is 1. The van der Waals surface area contributed by atoms with Gasteiger partial charge in [-0.15, -0.1) is 11.8 Å². The molecule has 2 atom stereocenters. The molecule has 0 heterocycles. The number of aliphatic hydroxyl groups is 1. The number of hydrogen-bond donors (Lipinski definition) is 3. The average Bonchev–Trinajstić information content (AvgIpc) is 2.90. The number of sulfonamides is 1. The van der Waals surface area contributed by atoms with Gasteiger partial charge in [-0.25, -0.2) is 12.7 Å². The Morgan fingerprint density at radius 3 is 2.43 bits per heavy atom. The summed E-state index contributed by atoms with van der Waals surface area (Å²) in [6.45, 7) is 5.56. The zero-order valence-corrected chi connectivity index (χ0v) is 23.7. The lowest BCUT2D eigenvalue weighted by Crippen LogP contribution is -2.49. The fourth-order valence-corrected chi connectivity index (χ4v) is 6.41. The molecule has 2 rings (SSSR count). The monoisotopic (exact) mass is 551 g/mol. The first-order chi connectivity index (χ1) is 17.8. The summed E-state index contributed by atoms with van der Waals surface area (Å²) in [5.74, 6) is 0.571. The number of methoxy groups -OCH3 is 1. The zero-order valence-electron chi connectivity index (χ0n) is 22.1. The SMILES string of the molecule is CCCN(CCC)S(=O)(=O)CCC(=O)N[C@@H](CSc1ccccc1)[C@H](O)CNCc1cccc(OC)c1. The van der Waals surface area contributed by atoms with Gasteiger partial charge in [-0.05, 0) is 42.7 Å². The summed E-state index contributed by atoms with van der Waals surface area (Å²) in [6, 6.07) is 16.9. The Morgan fingerprint density at radius 1 is 1.08 bits per heavy atom. The highest BCUT2D eigenvalue weighted by molar-refractivity contribution is 7.99. The first-order valence-electron chi connectivity index (χ1n) is 12.8. The number of nitrogens with one attached hydrogen (secondary N) is 2. The van der Waals surface area contributed by atoms with Crippen molar-refractivity contribution in [1.29, 1.82) is 0 Å². The third-order valence-electron chi connectivity index (χ3n) is 5.73. The molecule has 10 heteroatoms. The Balaban J connectivity index is 1.97. The van der Waals surface area contributed by atoms with Crippen LogP contribution in [0.1, 0.15) is 38.7 Å². The second-order valence-corrected chi connectivity index (χ2v) is 12.0. The van der Waals surface area contributed by atoms with Crippen LogP contribution in [0.2, 0.25) is 0 Å². The van der Waals surface area contributed by atoms with Crippen LogP contribution < -0.4 is 15.4 Å². The minimum atomic E-state index is -3.52. The molecule has 8 nitrogen and oxygen atoms in total. The lowest BCUT2D eigenvalue weighted by Gasteiger charge is -2.25. The summed E-state index contributed by atoms with van der Waals surface area (Å²) in [6.07, 6.45) is 0.431. The minimum Gasteiger partial charge on any atom is -0.497 e. The molecule has 0 saturated carbocycles. The van der Waals surface area contributed by atoms with E-state index in [2.05, 4.69) is 10.6 Å². The van der Waals surface area contributed by atoms with Crippen LogP contribution in [-0.2, 0) is 21.4 Å². The molecule has 0 unspecified atom stereocenters. The average molecular weight is 552 g/mol. The van der Waals surface area contributed by atoms with E-state index in [0.717, 1.165) is 29.1 Å². The van der Waals surface area contributed by atoms with E-state index in [1.165, 1.54) is 16.1 Å². The number of ether oxygens (including phenoxy) is 1. The molecule has 2 aromatic rings.